The highest BCUT2D eigenvalue weighted by atomic mass is 79.9. The highest BCUT2D eigenvalue weighted by Crippen LogP contribution is 2.19. The first-order valence-corrected chi connectivity index (χ1v) is 4.69. The molecule has 0 saturated heterocycles. The summed E-state index contributed by atoms with van der Waals surface area (Å²) in [6.45, 7) is 4.00. The van der Waals surface area contributed by atoms with E-state index in [4.69, 9.17) is 5.11 Å². The largest absolute Gasteiger partial charge is 0.478 e. The Hall–Kier alpha value is -0.970. The lowest BCUT2D eigenvalue weighted by Crippen LogP contribution is -2.01. The zero-order chi connectivity index (χ0) is 11.3. The number of hydrogen-bond donors (Lipinski definition) is 1. The van der Waals surface area contributed by atoms with Crippen LogP contribution in [-0.4, -0.2) is 11.1 Å². The molecule has 78 valence electrons. The molecule has 0 radical (unpaired) electrons. The van der Waals surface area contributed by atoms with Gasteiger partial charge in [-0.25, -0.2) is 13.6 Å². The number of carboxylic acids is 1. The van der Waals surface area contributed by atoms with E-state index < -0.39 is 23.2 Å². The zero-order valence-electron chi connectivity index (χ0n) is 7.64. The van der Waals surface area contributed by atoms with Crippen LogP contribution in [0.1, 0.15) is 24.2 Å². The van der Waals surface area contributed by atoms with E-state index in [2.05, 4.69) is 15.9 Å². The van der Waals surface area contributed by atoms with Crippen molar-refractivity contribution in [2.75, 3.05) is 0 Å². The van der Waals surface area contributed by atoms with Crippen LogP contribution in [0.15, 0.2) is 16.6 Å². The molecule has 2 nitrogen and oxygen atoms in total. The van der Waals surface area contributed by atoms with Crippen LogP contribution in [0.4, 0.5) is 8.78 Å². The number of aromatic carboxylic acids is 1. The molecule has 1 aromatic carbocycles. The van der Waals surface area contributed by atoms with E-state index in [-0.39, 0.29) is 4.47 Å². The van der Waals surface area contributed by atoms with Crippen molar-refractivity contribution >= 4 is 21.9 Å². The van der Waals surface area contributed by atoms with Crippen LogP contribution in [0.5, 0.6) is 0 Å². The molecule has 0 aliphatic rings. The highest BCUT2D eigenvalue weighted by molar-refractivity contribution is 9.10. The van der Waals surface area contributed by atoms with E-state index in [0.717, 1.165) is 6.07 Å². The fourth-order valence-corrected chi connectivity index (χ4v) is 1.03. The van der Waals surface area contributed by atoms with Gasteiger partial charge in [-0.2, -0.15) is 0 Å². The van der Waals surface area contributed by atoms with E-state index in [9.17, 15) is 13.6 Å². The maximum atomic E-state index is 12.6. The van der Waals surface area contributed by atoms with E-state index in [1.165, 1.54) is 0 Å². The number of hydrogen-bond acceptors (Lipinski definition) is 1. The molecular formula is C9H9BrF2O2. The first kappa shape index (κ1) is 13.0. The Morgan fingerprint density at radius 2 is 1.79 bits per heavy atom. The maximum Gasteiger partial charge on any atom is 0.338 e. The lowest BCUT2D eigenvalue weighted by molar-refractivity contribution is 0.0691. The van der Waals surface area contributed by atoms with E-state index in [1.807, 2.05) is 13.8 Å². The Morgan fingerprint density at radius 1 is 1.29 bits per heavy atom. The molecule has 0 amide bonds. The third kappa shape index (κ3) is 3.06. The summed E-state index contributed by atoms with van der Waals surface area (Å²) < 4.78 is 25.1. The average molecular weight is 267 g/mol. The number of carboxylic acid groups (broad SMARTS) is 1. The average Bonchev–Trinajstić information content (AvgIpc) is 2.14. The lowest BCUT2D eigenvalue weighted by atomic mass is 10.2. The molecule has 0 fully saturated rings. The summed E-state index contributed by atoms with van der Waals surface area (Å²) >= 11 is 2.74. The van der Waals surface area contributed by atoms with Crippen LogP contribution in [0.2, 0.25) is 0 Å². The van der Waals surface area contributed by atoms with E-state index >= 15 is 0 Å². The van der Waals surface area contributed by atoms with Crippen LogP contribution < -0.4 is 0 Å². The first-order valence-electron chi connectivity index (χ1n) is 3.90. The predicted molar refractivity (Wildman–Crippen MR) is 52.4 cm³/mol. The topological polar surface area (TPSA) is 37.3 Å². The van der Waals surface area contributed by atoms with Crippen molar-refractivity contribution in [3.63, 3.8) is 0 Å². The van der Waals surface area contributed by atoms with Gasteiger partial charge in [-0.15, -0.1) is 0 Å². The van der Waals surface area contributed by atoms with Crippen LogP contribution >= 0.6 is 15.9 Å². The molecule has 1 aromatic rings. The smallest absolute Gasteiger partial charge is 0.338 e. The van der Waals surface area contributed by atoms with Crippen LogP contribution in [-0.2, 0) is 0 Å². The molecule has 0 saturated carbocycles. The standard InChI is InChI=1S/C7H3BrF2O2.C2H6/c8-4-1-3(7(11)12)5(9)2-6(4)10;1-2/h1-2H,(H,11,12);1-2H3. The molecule has 0 bridgehead atoms. The Morgan fingerprint density at radius 3 is 2.21 bits per heavy atom. The van der Waals surface area contributed by atoms with Gasteiger partial charge in [0.25, 0.3) is 0 Å². The maximum absolute atomic E-state index is 12.6. The summed E-state index contributed by atoms with van der Waals surface area (Å²) in [5, 5.41) is 8.40. The van der Waals surface area contributed by atoms with Crippen LogP contribution in [0.25, 0.3) is 0 Å². The Balaban J connectivity index is 0.000000791. The third-order valence-corrected chi connectivity index (χ3v) is 1.85. The summed E-state index contributed by atoms with van der Waals surface area (Å²) in [5.41, 5.74) is -0.553. The van der Waals surface area contributed by atoms with Crippen molar-refractivity contribution in [3.05, 3.63) is 33.8 Å². The van der Waals surface area contributed by atoms with Gasteiger partial charge in [0.15, 0.2) is 0 Å². The van der Waals surface area contributed by atoms with Gasteiger partial charge in [-0.1, -0.05) is 13.8 Å². The highest BCUT2D eigenvalue weighted by Gasteiger charge is 2.13. The summed E-state index contributed by atoms with van der Waals surface area (Å²) in [4.78, 5) is 10.3. The number of rotatable bonds is 1. The first-order chi connectivity index (χ1) is 6.52. The van der Waals surface area contributed by atoms with Crippen molar-refractivity contribution in [2.24, 2.45) is 0 Å². The Labute approximate surface area is 88.7 Å². The molecule has 0 atom stereocenters. The van der Waals surface area contributed by atoms with Gasteiger partial charge in [-0.3, -0.25) is 0 Å². The number of halogens is 3. The molecule has 14 heavy (non-hydrogen) atoms. The number of carbonyl (C=O) groups is 1. The predicted octanol–water partition coefficient (Wildman–Crippen LogP) is 3.45. The molecule has 5 heteroatoms. The fourth-order valence-electron chi connectivity index (χ4n) is 0.686. The van der Waals surface area contributed by atoms with Crippen molar-refractivity contribution in [1.82, 2.24) is 0 Å². The monoisotopic (exact) mass is 266 g/mol. The summed E-state index contributed by atoms with van der Waals surface area (Å²) in [6, 6.07) is 1.40. The molecule has 1 rings (SSSR count). The number of benzene rings is 1. The van der Waals surface area contributed by atoms with Gasteiger partial charge in [0.05, 0.1) is 10.0 Å². The molecule has 0 aliphatic carbocycles. The van der Waals surface area contributed by atoms with Gasteiger partial charge >= 0.3 is 5.97 Å². The van der Waals surface area contributed by atoms with Gasteiger partial charge in [0.2, 0.25) is 0 Å². The van der Waals surface area contributed by atoms with Gasteiger partial charge in [0, 0.05) is 6.07 Å². The summed E-state index contributed by atoms with van der Waals surface area (Å²) in [5.74, 6) is -3.33. The second kappa shape index (κ2) is 5.70. The molecule has 0 unspecified atom stereocenters. The zero-order valence-corrected chi connectivity index (χ0v) is 9.23. The second-order valence-corrected chi connectivity index (χ2v) is 2.91. The Bertz CT molecular complexity index is 340. The minimum absolute atomic E-state index is 0.0682. The summed E-state index contributed by atoms with van der Waals surface area (Å²) in [6.07, 6.45) is 0. The molecule has 0 spiro atoms. The van der Waals surface area contributed by atoms with Crippen molar-refractivity contribution in [3.8, 4) is 0 Å². The van der Waals surface area contributed by atoms with Crippen LogP contribution in [0.3, 0.4) is 0 Å². The van der Waals surface area contributed by atoms with E-state index in [0.29, 0.717) is 6.07 Å². The van der Waals surface area contributed by atoms with Gasteiger partial charge < -0.3 is 5.11 Å². The quantitative estimate of drug-likeness (QED) is 0.791. The minimum Gasteiger partial charge on any atom is -0.478 e. The minimum atomic E-state index is -1.42. The SMILES string of the molecule is CC.O=C(O)c1cc(Br)c(F)cc1F. The van der Waals surface area contributed by atoms with Gasteiger partial charge in [0.1, 0.15) is 11.6 Å². The normalized spacial score (nSPS) is 8.93. The third-order valence-electron chi connectivity index (χ3n) is 1.24. The molecule has 0 aromatic heterocycles. The summed E-state index contributed by atoms with van der Waals surface area (Å²) in [7, 11) is 0. The van der Waals surface area contributed by atoms with Crippen molar-refractivity contribution < 1.29 is 18.7 Å². The van der Waals surface area contributed by atoms with Crippen molar-refractivity contribution in [2.45, 2.75) is 13.8 Å². The molecule has 1 N–H and O–H groups in total. The van der Waals surface area contributed by atoms with Gasteiger partial charge in [-0.05, 0) is 22.0 Å². The molecule has 0 aliphatic heterocycles. The fraction of sp³-hybridized carbons (Fsp3) is 0.222. The Kier molecular flexibility index (Phi) is 5.30. The lowest BCUT2D eigenvalue weighted by Gasteiger charge is -1.98. The molecule has 0 heterocycles. The second-order valence-electron chi connectivity index (χ2n) is 2.05. The van der Waals surface area contributed by atoms with Crippen LogP contribution in [0, 0.1) is 11.6 Å². The van der Waals surface area contributed by atoms with E-state index in [1.54, 1.807) is 0 Å². The molecular weight excluding hydrogens is 258 g/mol. The van der Waals surface area contributed by atoms with Crippen molar-refractivity contribution in [1.29, 1.82) is 0 Å².